The summed E-state index contributed by atoms with van der Waals surface area (Å²) in [7, 11) is -2.04. The number of hydrogen-bond donors (Lipinski definition) is 0. The van der Waals surface area contributed by atoms with Gasteiger partial charge in [-0.2, -0.15) is 4.31 Å². The van der Waals surface area contributed by atoms with Crippen LogP contribution in [-0.2, 0) is 23.0 Å². The highest BCUT2D eigenvalue weighted by Gasteiger charge is 2.25. The van der Waals surface area contributed by atoms with Crippen molar-refractivity contribution >= 4 is 21.4 Å². The number of thiophene rings is 1. The highest BCUT2D eigenvalue weighted by Crippen LogP contribution is 2.25. The number of ether oxygens (including phenoxy) is 1. The molecular formula is C21H23NO3S2. The maximum atomic E-state index is 13.3. The van der Waals surface area contributed by atoms with Gasteiger partial charge in [-0.1, -0.05) is 30.3 Å². The van der Waals surface area contributed by atoms with Gasteiger partial charge in [0.2, 0.25) is 10.0 Å². The Morgan fingerprint density at radius 2 is 1.70 bits per heavy atom. The third-order valence-corrected chi connectivity index (χ3v) is 7.35. The molecule has 0 aliphatic carbocycles. The Morgan fingerprint density at radius 1 is 1.00 bits per heavy atom. The topological polar surface area (TPSA) is 46.6 Å². The van der Waals surface area contributed by atoms with Gasteiger partial charge >= 0.3 is 0 Å². The van der Waals surface area contributed by atoms with E-state index in [1.807, 2.05) is 48.7 Å². The first-order chi connectivity index (χ1) is 13.0. The molecule has 0 saturated carbocycles. The molecule has 0 N–H and O–H groups in total. The molecule has 0 saturated heterocycles. The predicted octanol–water partition coefficient (Wildman–Crippen LogP) is 4.50. The Kier molecular flexibility index (Phi) is 6.31. The predicted molar refractivity (Wildman–Crippen MR) is 110 cm³/mol. The van der Waals surface area contributed by atoms with Gasteiger partial charge in [0.15, 0.2) is 0 Å². The SMILES string of the molecule is COc1ccc(S(=O)(=O)N(CCc2ccccc2)Cc2sccc2C)cc1. The Morgan fingerprint density at radius 3 is 2.30 bits per heavy atom. The van der Waals surface area contributed by atoms with Crippen LogP contribution in [0.15, 0.2) is 70.9 Å². The van der Waals surface area contributed by atoms with E-state index in [1.54, 1.807) is 47.0 Å². The molecule has 3 aromatic rings. The number of nitrogens with zero attached hydrogens (tertiary/aromatic N) is 1. The van der Waals surface area contributed by atoms with E-state index in [2.05, 4.69) is 0 Å². The van der Waals surface area contributed by atoms with Crippen LogP contribution in [-0.4, -0.2) is 26.4 Å². The maximum absolute atomic E-state index is 13.3. The monoisotopic (exact) mass is 401 g/mol. The average molecular weight is 402 g/mol. The highest BCUT2D eigenvalue weighted by molar-refractivity contribution is 7.89. The van der Waals surface area contributed by atoms with Crippen molar-refractivity contribution in [3.63, 3.8) is 0 Å². The fourth-order valence-corrected chi connectivity index (χ4v) is 5.22. The summed E-state index contributed by atoms with van der Waals surface area (Å²) in [5.41, 5.74) is 2.24. The Balaban J connectivity index is 1.87. The lowest BCUT2D eigenvalue weighted by Crippen LogP contribution is -2.32. The Hall–Kier alpha value is -2.15. The van der Waals surface area contributed by atoms with E-state index in [-0.39, 0.29) is 4.90 Å². The zero-order valence-corrected chi connectivity index (χ0v) is 17.1. The molecule has 0 bridgehead atoms. The highest BCUT2D eigenvalue weighted by atomic mass is 32.2. The first-order valence-electron chi connectivity index (χ1n) is 8.72. The largest absolute Gasteiger partial charge is 0.497 e. The summed E-state index contributed by atoms with van der Waals surface area (Å²) in [4.78, 5) is 1.35. The van der Waals surface area contributed by atoms with Gasteiger partial charge < -0.3 is 4.74 Å². The van der Waals surface area contributed by atoms with Crippen molar-refractivity contribution in [1.82, 2.24) is 4.31 Å². The smallest absolute Gasteiger partial charge is 0.243 e. The summed E-state index contributed by atoms with van der Waals surface area (Å²) in [6, 6.07) is 18.5. The Bertz CT molecular complexity index is 964. The van der Waals surface area contributed by atoms with Crippen LogP contribution in [0.3, 0.4) is 0 Å². The molecule has 0 unspecified atom stereocenters. The van der Waals surface area contributed by atoms with Gasteiger partial charge in [-0.15, -0.1) is 11.3 Å². The number of aryl methyl sites for hydroxylation is 1. The lowest BCUT2D eigenvalue weighted by Gasteiger charge is -2.22. The van der Waals surface area contributed by atoms with Crippen LogP contribution in [0, 0.1) is 6.92 Å². The van der Waals surface area contributed by atoms with Crippen molar-refractivity contribution in [3.8, 4) is 5.75 Å². The van der Waals surface area contributed by atoms with Gasteiger partial charge in [0.25, 0.3) is 0 Å². The zero-order chi connectivity index (χ0) is 19.3. The molecule has 27 heavy (non-hydrogen) atoms. The average Bonchev–Trinajstić information content (AvgIpc) is 3.10. The second-order valence-corrected chi connectivity index (χ2v) is 9.22. The molecule has 2 aromatic carbocycles. The third-order valence-electron chi connectivity index (χ3n) is 4.48. The van der Waals surface area contributed by atoms with Crippen LogP contribution in [0.25, 0.3) is 0 Å². The van der Waals surface area contributed by atoms with Crippen LogP contribution in [0.4, 0.5) is 0 Å². The number of hydrogen-bond acceptors (Lipinski definition) is 4. The van der Waals surface area contributed by atoms with Crippen molar-refractivity contribution in [3.05, 3.63) is 82.0 Å². The lowest BCUT2D eigenvalue weighted by molar-refractivity contribution is 0.409. The van der Waals surface area contributed by atoms with Crippen LogP contribution in [0.2, 0.25) is 0 Å². The van der Waals surface area contributed by atoms with E-state index >= 15 is 0 Å². The van der Waals surface area contributed by atoms with E-state index in [0.717, 1.165) is 16.0 Å². The standard InChI is InChI=1S/C21H23NO3S2/c1-17-13-15-26-21(17)16-22(14-12-18-6-4-3-5-7-18)27(23,24)20-10-8-19(25-2)9-11-20/h3-11,13,15H,12,14,16H2,1-2H3. The van der Waals surface area contributed by atoms with Crippen molar-refractivity contribution in [2.45, 2.75) is 24.8 Å². The molecular weight excluding hydrogens is 378 g/mol. The minimum absolute atomic E-state index is 0.283. The molecule has 0 atom stereocenters. The lowest BCUT2D eigenvalue weighted by atomic mass is 10.1. The zero-order valence-electron chi connectivity index (χ0n) is 15.5. The molecule has 0 spiro atoms. The van der Waals surface area contributed by atoms with Crippen LogP contribution >= 0.6 is 11.3 Å². The summed E-state index contributed by atoms with van der Waals surface area (Å²) < 4.78 is 33.3. The van der Waals surface area contributed by atoms with E-state index < -0.39 is 10.0 Å². The number of rotatable bonds is 8. The molecule has 0 amide bonds. The van der Waals surface area contributed by atoms with E-state index in [9.17, 15) is 8.42 Å². The summed E-state index contributed by atoms with van der Waals surface area (Å²) in [5, 5.41) is 2.00. The molecule has 4 nitrogen and oxygen atoms in total. The van der Waals surface area contributed by atoms with Gasteiger partial charge in [0.05, 0.1) is 12.0 Å². The summed E-state index contributed by atoms with van der Waals surface area (Å²) >= 11 is 1.59. The number of sulfonamides is 1. The molecule has 0 fully saturated rings. The summed E-state index contributed by atoms with van der Waals surface area (Å²) in [6.07, 6.45) is 0.667. The first-order valence-corrected chi connectivity index (χ1v) is 11.0. The van der Waals surface area contributed by atoms with Gasteiger partial charge in [-0.3, -0.25) is 0 Å². The van der Waals surface area contributed by atoms with Gasteiger partial charge in [0.1, 0.15) is 5.75 Å². The van der Waals surface area contributed by atoms with Crippen LogP contribution in [0.1, 0.15) is 16.0 Å². The minimum Gasteiger partial charge on any atom is -0.497 e. The number of benzene rings is 2. The van der Waals surface area contributed by atoms with E-state index in [1.165, 1.54) is 0 Å². The Labute approximate surface area is 165 Å². The van der Waals surface area contributed by atoms with Crippen molar-refractivity contribution < 1.29 is 13.2 Å². The molecule has 3 rings (SSSR count). The maximum Gasteiger partial charge on any atom is 0.243 e. The molecule has 0 radical (unpaired) electrons. The van der Waals surface area contributed by atoms with Crippen LogP contribution in [0.5, 0.6) is 5.75 Å². The molecule has 0 aliphatic heterocycles. The minimum atomic E-state index is -3.60. The third kappa shape index (κ3) is 4.77. The second-order valence-electron chi connectivity index (χ2n) is 6.28. The van der Waals surface area contributed by atoms with Gasteiger partial charge in [-0.25, -0.2) is 8.42 Å². The molecule has 6 heteroatoms. The fraction of sp³-hybridized carbons (Fsp3) is 0.238. The summed E-state index contributed by atoms with van der Waals surface area (Å²) in [6.45, 7) is 2.82. The van der Waals surface area contributed by atoms with Crippen molar-refractivity contribution in [2.75, 3.05) is 13.7 Å². The number of methoxy groups -OCH3 is 1. The normalized spacial score (nSPS) is 11.7. The fourth-order valence-electron chi connectivity index (χ4n) is 2.81. The molecule has 1 heterocycles. The van der Waals surface area contributed by atoms with Gasteiger partial charge in [-0.05, 0) is 60.2 Å². The molecule has 142 valence electrons. The summed E-state index contributed by atoms with van der Waals surface area (Å²) in [5.74, 6) is 0.638. The van der Waals surface area contributed by atoms with Gasteiger partial charge in [0, 0.05) is 18.0 Å². The molecule has 1 aromatic heterocycles. The van der Waals surface area contributed by atoms with Crippen molar-refractivity contribution in [2.24, 2.45) is 0 Å². The first kappa shape index (κ1) is 19.6. The van der Waals surface area contributed by atoms with E-state index in [4.69, 9.17) is 4.74 Å². The molecule has 0 aliphatic rings. The quantitative estimate of drug-likeness (QED) is 0.558. The second kappa shape index (κ2) is 8.69. The van der Waals surface area contributed by atoms with E-state index in [0.29, 0.717) is 25.3 Å². The van der Waals surface area contributed by atoms with Crippen LogP contribution < -0.4 is 4.74 Å². The van der Waals surface area contributed by atoms with Crippen molar-refractivity contribution in [1.29, 1.82) is 0 Å².